The number of aryl methyl sites for hydroxylation is 1. The van der Waals surface area contributed by atoms with Gasteiger partial charge in [-0.15, -0.1) is 11.3 Å². The predicted molar refractivity (Wildman–Crippen MR) is 65.5 cm³/mol. The van der Waals surface area contributed by atoms with Crippen molar-refractivity contribution in [1.82, 2.24) is 5.32 Å². The van der Waals surface area contributed by atoms with Crippen LogP contribution in [0.2, 0.25) is 0 Å². The molecule has 0 saturated heterocycles. The van der Waals surface area contributed by atoms with E-state index in [2.05, 4.69) is 24.4 Å². The van der Waals surface area contributed by atoms with Crippen molar-refractivity contribution in [3.8, 4) is 0 Å². The summed E-state index contributed by atoms with van der Waals surface area (Å²) in [6, 6.07) is 4.17. The van der Waals surface area contributed by atoms with Gasteiger partial charge in [-0.2, -0.15) is 13.2 Å². The summed E-state index contributed by atoms with van der Waals surface area (Å²) in [6.07, 6.45) is -2.25. The Bertz CT molecular complexity index is 333. The minimum Gasteiger partial charge on any atom is -0.308 e. The van der Waals surface area contributed by atoms with Crippen molar-refractivity contribution in [2.75, 3.05) is 13.1 Å². The Kier molecular flexibility index (Phi) is 5.46. The van der Waals surface area contributed by atoms with E-state index in [-0.39, 0.29) is 5.92 Å². The van der Waals surface area contributed by atoms with Gasteiger partial charge in [0.15, 0.2) is 0 Å². The fraction of sp³-hybridized carbons (Fsp3) is 0.667. The molecule has 0 aromatic carbocycles. The third-order valence-electron chi connectivity index (χ3n) is 2.43. The number of rotatable bonds is 6. The van der Waals surface area contributed by atoms with Crippen molar-refractivity contribution in [2.45, 2.75) is 32.9 Å². The first-order valence-electron chi connectivity index (χ1n) is 5.75. The molecular formula is C12H18F3NS. The lowest BCUT2D eigenvalue weighted by Crippen LogP contribution is -2.32. The van der Waals surface area contributed by atoms with E-state index in [1.807, 2.05) is 6.92 Å². The minimum atomic E-state index is -4.11. The third kappa shape index (κ3) is 6.07. The Balaban J connectivity index is 2.27. The fourth-order valence-electron chi connectivity index (χ4n) is 1.60. The molecule has 1 unspecified atom stereocenters. The van der Waals surface area contributed by atoms with Crippen LogP contribution in [0.1, 0.15) is 23.6 Å². The molecule has 1 nitrogen and oxygen atoms in total. The van der Waals surface area contributed by atoms with Crippen LogP contribution in [0.4, 0.5) is 13.2 Å². The topological polar surface area (TPSA) is 12.0 Å². The summed E-state index contributed by atoms with van der Waals surface area (Å²) in [7, 11) is 0. The number of nitrogens with one attached hydrogen (secondary N) is 1. The van der Waals surface area contributed by atoms with Crippen molar-refractivity contribution in [3.05, 3.63) is 21.9 Å². The van der Waals surface area contributed by atoms with Crippen molar-refractivity contribution in [3.63, 3.8) is 0 Å². The smallest absolute Gasteiger partial charge is 0.308 e. The zero-order valence-electron chi connectivity index (χ0n) is 10.1. The Morgan fingerprint density at radius 2 is 1.94 bits per heavy atom. The molecule has 1 heterocycles. The van der Waals surface area contributed by atoms with Crippen LogP contribution in [0.25, 0.3) is 0 Å². The second-order valence-corrected chi connectivity index (χ2v) is 5.53. The lowest BCUT2D eigenvalue weighted by atomic mass is 10.1. The number of hydrogen-bond acceptors (Lipinski definition) is 2. The SMILES string of the molecule is CCc1ccc(CC(C)CNCC(F)(F)F)s1. The van der Waals surface area contributed by atoms with Crippen LogP contribution in [0.3, 0.4) is 0 Å². The van der Waals surface area contributed by atoms with Gasteiger partial charge in [0.25, 0.3) is 0 Å². The predicted octanol–water partition coefficient (Wildman–Crippen LogP) is 3.64. The molecule has 5 heteroatoms. The van der Waals surface area contributed by atoms with E-state index in [0.29, 0.717) is 6.54 Å². The molecule has 0 fully saturated rings. The summed E-state index contributed by atoms with van der Waals surface area (Å²) in [6.45, 7) is 3.57. The van der Waals surface area contributed by atoms with E-state index in [1.165, 1.54) is 9.75 Å². The van der Waals surface area contributed by atoms with E-state index in [0.717, 1.165) is 12.8 Å². The number of thiophene rings is 1. The molecule has 0 spiro atoms. The molecule has 0 aliphatic heterocycles. The number of halogens is 3. The quantitative estimate of drug-likeness (QED) is 0.828. The molecule has 0 saturated carbocycles. The van der Waals surface area contributed by atoms with Crippen molar-refractivity contribution in [1.29, 1.82) is 0 Å². The van der Waals surface area contributed by atoms with Crippen LogP contribution in [0.15, 0.2) is 12.1 Å². The van der Waals surface area contributed by atoms with E-state index in [4.69, 9.17) is 0 Å². The first kappa shape index (κ1) is 14.5. The first-order valence-corrected chi connectivity index (χ1v) is 6.57. The van der Waals surface area contributed by atoms with Gasteiger partial charge in [-0.3, -0.25) is 0 Å². The Morgan fingerprint density at radius 1 is 1.29 bits per heavy atom. The summed E-state index contributed by atoms with van der Waals surface area (Å²) in [5, 5.41) is 2.45. The van der Waals surface area contributed by atoms with Gasteiger partial charge in [0.05, 0.1) is 6.54 Å². The Labute approximate surface area is 104 Å². The summed E-state index contributed by atoms with van der Waals surface area (Å²) < 4.78 is 35.8. The van der Waals surface area contributed by atoms with Gasteiger partial charge in [0, 0.05) is 9.75 Å². The Hall–Kier alpha value is -0.550. The fourth-order valence-corrected chi connectivity index (χ4v) is 2.72. The highest BCUT2D eigenvalue weighted by atomic mass is 32.1. The van der Waals surface area contributed by atoms with Crippen molar-refractivity contribution >= 4 is 11.3 Å². The van der Waals surface area contributed by atoms with Crippen molar-refractivity contribution < 1.29 is 13.2 Å². The standard InChI is InChI=1S/C12H18F3NS/c1-3-10-4-5-11(17-10)6-9(2)7-16-8-12(13,14)15/h4-5,9,16H,3,6-8H2,1-2H3. The summed E-state index contributed by atoms with van der Waals surface area (Å²) in [5.41, 5.74) is 0. The molecule has 0 bridgehead atoms. The molecule has 17 heavy (non-hydrogen) atoms. The summed E-state index contributed by atoms with van der Waals surface area (Å²) in [4.78, 5) is 2.58. The highest BCUT2D eigenvalue weighted by molar-refractivity contribution is 7.11. The largest absolute Gasteiger partial charge is 0.401 e. The number of alkyl halides is 3. The molecule has 0 aliphatic carbocycles. The van der Waals surface area contributed by atoms with Crippen LogP contribution in [0, 0.1) is 5.92 Å². The molecule has 1 rings (SSSR count). The van der Waals surface area contributed by atoms with Gasteiger partial charge < -0.3 is 5.32 Å². The highest BCUT2D eigenvalue weighted by Crippen LogP contribution is 2.20. The lowest BCUT2D eigenvalue weighted by Gasteiger charge is -2.13. The maximum absolute atomic E-state index is 11.9. The van der Waals surface area contributed by atoms with Crippen LogP contribution in [-0.4, -0.2) is 19.3 Å². The average Bonchev–Trinajstić information content (AvgIpc) is 2.63. The molecule has 1 aromatic heterocycles. The summed E-state index contributed by atoms with van der Waals surface area (Å²) >= 11 is 1.75. The molecule has 0 radical (unpaired) electrons. The average molecular weight is 265 g/mol. The van der Waals surface area contributed by atoms with Gasteiger partial charge in [-0.05, 0) is 37.4 Å². The van der Waals surface area contributed by atoms with E-state index < -0.39 is 12.7 Å². The molecule has 0 amide bonds. The van der Waals surface area contributed by atoms with Crippen LogP contribution in [0.5, 0.6) is 0 Å². The minimum absolute atomic E-state index is 0.223. The second kappa shape index (κ2) is 6.40. The van der Waals surface area contributed by atoms with Crippen LogP contribution < -0.4 is 5.32 Å². The Morgan fingerprint density at radius 3 is 2.47 bits per heavy atom. The van der Waals surface area contributed by atoms with E-state index in [9.17, 15) is 13.2 Å². The van der Waals surface area contributed by atoms with Gasteiger partial charge in [0.1, 0.15) is 0 Å². The van der Waals surface area contributed by atoms with Gasteiger partial charge in [-0.1, -0.05) is 13.8 Å². The zero-order chi connectivity index (χ0) is 12.9. The third-order valence-corrected chi connectivity index (χ3v) is 3.69. The second-order valence-electron chi connectivity index (χ2n) is 4.28. The zero-order valence-corrected chi connectivity index (χ0v) is 10.9. The normalized spacial score (nSPS) is 13.9. The van der Waals surface area contributed by atoms with Crippen LogP contribution >= 0.6 is 11.3 Å². The van der Waals surface area contributed by atoms with E-state index >= 15 is 0 Å². The maximum Gasteiger partial charge on any atom is 0.401 e. The van der Waals surface area contributed by atoms with Crippen LogP contribution in [-0.2, 0) is 12.8 Å². The van der Waals surface area contributed by atoms with Crippen molar-refractivity contribution in [2.24, 2.45) is 5.92 Å². The molecule has 0 aliphatic rings. The molecule has 1 atom stereocenters. The molecule has 98 valence electrons. The maximum atomic E-state index is 11.9. The molecular weight excluding hydrogens is 247 g/mol. The van der Waals surface area contributed by atoms with Gasteiger partial charge >= 0.3 is 6.18 Å². The monoisotopic (exact) mass is 265 g/mol. The first-order chi connectivity index (χ1) is 7.90. The molecule has 1 aromatic rings. The molecule has 1 N–H and O–H groups in total. The highest BCUT2D eigenvalue weighted by Gasteiger charge is 2.26. The van der Waals surface area contributed by atoms with Gasteiger partial charge in [0.2, 0.25) is 0 Å². The lowest BCUT2D eigenvalue weighted by molar-refractivity contribution is -0.125. The van der Waals surface area contributed by atoms with Gasteiger partial charge in [-0.25, -0.2) is 0 Å². The number of hydrogen-bond donors (Lipinski definition) is 1. The summed E-state index contributed by atoms with van der Waals surface area (Å²) in [5.74, 6) is 0.223. The van der Waals surface area contributed by atoms with E-state index in [1.54, 1.807) is 11.3 Å².